The molecule has 0 aliphatic heterocycles. The van der Waals surface area contributed by atoms with Crippen molar-refractivity contribution in [1.29, 1.82) is 0 Å². The van der Waals surface area contributed by atoms with E-state index in [0.29, 0.717) is 18.1 Å². The van der Waals surface area contributed by atoms with Crippen LogP contribution in [0.1, 0.15) is 13.3 Å². The number of sulfone groups is 1. The third kappa shape index (κ3) is 5.65. The largest absolute Gasteiger partial charge is 0.338 e. The van der Waals surface area contributed by atoms with Gasteiger partial charge in [0.05, 0.1) is 10.6 Å². The molecule has 1 aromatic carbocycles. The lowest BCUT2D eigenvalue weighted by Crippen LogP contribution is -2.30. The molecule has 2 rings (SSSR count). The van der Waals surface area contributed by atoms with Crippen molar-refractivity contribution in [1.82, 2.24) is 10.3 Å². The van der Waals surface area contributed by atoms with Crippen LogP contribution in [-0.4, -0.2) is 37.5 Å². The summed E-state index contributed by atoms with van der Waals surface area (Å²) in [7, 11) is -2.99. The fourth-order valence-corrected chi connectivity index (χ4v) is 3.54. The quantitative estimate of drug-likeness (QED) is 0.749. The van der Waals surface area contributed by atoms with Crippen LogP contribution in [0.15, 0.2) is 36.5 Å². The number of benzene rings is 1. The first kappa shape index (κ1) is 17.4. The van der Waals surface area contributed by atoms with E-state index in [1.165, 1.54) is 11.3 Å². The van der Waals surface area contributed by atoms with E-state index in [-0.39, 0.29) is 17.5 Å². The van der Waals surface area contributed by atoms with Gasteiger partial charge < -0.3 is 5.32 Å². The summed E-state index contributed by atoms with van der Waals surface area (Å²) in [6.07, 6.45) is 2.11. The van der Waals surface area contributed by atoms with Gasteiger partial charge in [-0.05, 0) is 12.0 Å². The van der Waals surface area contributed by atoms with E-state index in [1.807, 2.05) is 30.3 Å². The molecular weight excluding hydrogens is 334 g/mol. The first-order chi connectivity index (χ1) is 11.0. The highest BCUT2D eigenvalue weighted by Gasteiger charge is 2.09. The number of amides is 2. The van der Waals surface area contributed by atoms with Crippen molar-refractivity contribution >= 4 is 32.3 Å². The molecule has 0 atom stereocenters. The van der Waals surface area contributed by atoms with Crippen molar-refractivity contribution in [3.05, 3.63) is 36.5 Å². The smallest absolute Gasteiger partial charge is 0.321 e. The number of aromatic nitrogens is 1. The third-order valence-electron chi connectivity index (χ3n) is 3.14. The number of thiazole rings is 1. The van der Waals surface area contributed by atoms with Gasteiger partial charge in [0.15, 0.2) is 5.13 Å². The minimum atomic E-state index is -2.99. The molecular formula is C15H19N3O3S2. The molecule has 0 saturated heterocycles. The zero-order valence-electron chi connectivity index (χ0n) is 12.8. The summed E-state index contributed by atoms with van der Waals surface area (Å²) in [4.78, 5) is 16.9. The first-order valence-corrected chi connectivity index (χ1v) is 9.90. The van der Waals surface area contributed by atoms with Crippen LogP contribution in [0.4, 0.5) is 9.93 Å². The molecule has 2 aromatic rings. The molecule has 0 aliphatic carbocycles. The molecule has 2 amide bonds. The molecule has 0 fully saturated rings. The molecule has 0 bridgehead atoms. The molecule has 0 spiro atoms. The van der Waals surface area contributed by atoms with Crippen LogP contribution in [0, 0.1) is 0 Å². The number of urea groups is 1. The van der Waals surface area contributed by atoms with E-state index in [0.717, 1.165) is 10.4 Å². The van der Waals surface area contributed by atoms with Gasteiger partial charge in [0.1, 0.15) is 9.84 Å². The van der Waals surface area contributed by atoms with Gasteiger partial charge in [-0.3, -0.25) is 5.32 Å². The standard InChI is InChI=1S/C15H19N3O3S2/c1-2-23(20,21)10-6-9-16-14(19)18-15-17-11-13(22-15)12-7-4-3-5-8-12/h3-5,7-8,11H,2,6,9-10H2,1H3,(H2,16,17,18,19). The second-order valence-corrected chi connectivity index (χ2v) is 8.37. The first-order valence-electron chi connectivity index (χ1n) is 7.26. The average Bonchev–Trinajstić information content (AvgIpc) is 3.01. The van der Waals surface area contributed by atoms with Gasteiger partial charge in [0, 0.05) is 18.5 Å². The van der Waals surface area contributed by atoms with Gasteiger partial charge in [-0.1, -0.05) is 48.6 Å². The fourth-order valence-electron chi connectivity index (χ4n) is 1.85. The van der Waals surface area contributed by atoms with Crippen LogP contribution in [0.5, 0.6) is 0 Å². The Bertz CT molecular complexity index is 742. The van der Waals surface area contributed by atoms with E-state index in [9.17, 15) is 13.2 Å². The number of carbonyl (C=O) groups excluding carboxylic acids is 1. The summed E-state index contributed by atoms with van der Waals surface area (Å²) in [6, 6.07) is 9.40. The van der Waals surface area contributed by atoms with Crippen molar-refractivity contribution in [2.75, 3.05) is 23.4 Å². The lowest BCUT2D eigenvalue weighted by Gasteiger charge is -2.05. The van der Waals surface area contributed by atoms with Crippen molar-refractivity contribution in [2.45, 2.75) is 13.3 Å². The van der Waals surface area contributed by atoms with E-state index >= 15 is 0 Å². The number of carbonyl (C=O) groups is 1. The van der Waals surface area contributed by atoms with Crippen LogP contribution in [0.2, 0.25) is 0 Å². The Morgan fingerprint density at radius 3 is 2.70 bits per heavy atom. The van der Waals surface area contributed by atoms with Crippen LogP contribution >= 0.6 is 11.3 Å². The molecule has 23 heavy (non-hydrogen) atoms. The summed E-state index contributed by atoms with van der Waals surface area (Å²) in [5.74, 6) is 0.208. The molecule has 124 valence electrons. The normalized spacial score (nSPS) is 11.2. The minimum Gasteiger partial charge on any atom is -0.338 e. The number of rotatable bonds is 7. The van der Waals surface area contributed by atoms with Gasteiger partial charge in [0.2, 0.25) is 0 Å². The predicted molar refractivity (Wildman–Crippen MR) is 93.5 cm³/mol. The summed E-state index contributed by atoms with van der Waals surface area (Å²) < 4.78 is 22.7. The maximum absolute atomic E-state index is 11.7. The van der Waals surface area contributed by atoms with Crippen LogP contribution in [-0.2, 0) is 9.84 Å². The molecule has 2 N–H and O–H groups in total. The summed E-state index contributed by atoms with van der Waals surface area (Å²) in [6.45, 7) is 1.92. The van der Waals surface area contributed by atoms with Gasteiger partial charge in [-0.25, -0.2) is 18.2 Å². The van der Waals surface area contributed by atoms with Gasteiger partial charge >= 0.3 is 6.03 Å². The summed E-state index contributed by atoms with van der Waals surface area (Å²) in [5, 5.41) is 5.78. The third-order valence-corrected chi connectivity index (χ3v) is 5.89. The number of nitrogens with one attached hydrogen (secondary N) is 2. The SMILES string of the molecule is CCS(=O)(=O)CCCNC(=O)Nc1ncc(-c2ccccc2)s1. The lowest BCUT2D eigenvalue weighted by molar-refractivity contribution is 0.252. The summed E-state index contributed by atoms with van der Waals surface area (Å²) in [5.41, 5.74) is 1.04. The van der Waals surface area contributed by atoms with Crippen LogP contribution in [0.25, 0.3) is 10.4 Å². The number of anilines is 1. The topological polar surface area (TPSA) is 88.2 Å². The van der Waals surface area contributed by atoms with Crippen molar-refractivity contribution in [2.24, 2.45) is 0 Å². The Labute approximate surface area is 139 Å². The zero-order valence-corrected chi connectivity index (χ0v) is 14.4. The number of hydrogen-bond donors (Lipinski definition) is 2. The summed E-state index contributed by atoms with van der Waals surface area (Å²) >= 11 is 1.38. The average molecular weight is 353 g/mol. The second-order valence-electron chi connectivity index (χ2n) is 4.87. The van der Waals surface area contributed by atoms with E-state index in [1.54, 1.807) is 13.1 Å². The highest BCUT2D eigenvalue weighted by molar-refractivity contribution is 7.91. The Morgan fingerprint density at radius 2 is 2.00 bits per heavy atom. The Balaban J connectivity index is 1.79. The molecule has 1 heterocycles. The van der Waals surface area contributed by atoms with E-state index < -0.39 is 9.84 Å². The highest BCUT2D eigenvalue weighted by Crippen LogP contribution is 2.28. The molecule has 1 aromatic heterocycles. The highest BCUT2D eigenvalue weighted by atomic mass is 32.2. The van der Waals surface area contributed by atoms with E-state index in [4.69, 9.17) is 0 Å². The van der Waals surface area contributed by atoms with Crippen LogP contribution in [0.3, 0.4) is 0 Å². The maximum Gasteiger partial charge on any atom is 0.321 e. The zero-order chi connectivity index (χ0) is 16.7. The minimum absolute atomic E-state index is 0.0825. The van der Waals surface area contributed by atoms with Crippen LogP contribution < -0.4 is 10.6 Å². The van der Waals surface area contributed by atoms with Gasteiger partial charge in [-0.15, -0.1) is 0 Å². The monoisotopic (exact) mass is 353 g/mol. The Hall–Kier alpha value is -1.93. The van der Waals surface area contributed by atoms with Crippen molar-refractivity contribution in [3.8, 4) is 10.4 Å². The molecule has 6 nitrogen and oxygen atoms in total. The number of nitrogens with zero attached hydrogens (tertiary/aromatic N) is 1. The predicted octanol–water partition coefficient (Wildman–Crippen LogP) is 2.76. The Kier molecular flexibility index (Phi) is 6.12. The fraction of sp³-hybridized carbons (Fsp3) is 0.333. The second kappa shape index (κ2) is 8.07. The molecule has 0 saturated carbocycles. The van der Waals surface area contributed by atoms with Crippen molar-refractivity contribution in [3.63, 3.8) is 0 Å². The van der Waals surface area contributed by atoms with E-state index in [2.05, 4.69) is 15.6 Å². The van der Waals surface area contributed by atoms with Gasteiger partial charge in [-0.2, -0.15) is 0 Å². The van der Waals surface area contributed by atoms with Gasteiger partial charge in [0.25, 0.3) is 0 Å². The molecule has 0 radical (unpaired) electrons. The Morgan fingerprint density at radius 1 is 1.26 bits per heavy atom. The molecule has 8 heteroatoms. The molecule has 0 unspecified atom stereocenters. The number of hydrogen-bond acceptors (Lipinski definition) is 5. The lowest BCUT2D eigenvalue weighted by atomic mass is 10.2. The maximum atomic E-state index is 11.7. The molecule has 0 aliphatic rings. The van der Waals surface area contributed by atoms with Crippen molar-refractivity contribution < 1.29 is 13.2 Å².